The van der Waals surface area contributed by atoms with Crippen LogP contribution < -0.4 is 10.3 Å². The first-order chi connectivity index (χ1) is 10.8. The van der Waals surface area contributed by atoms with Crippen LogP contribution in [0.25, 0.3) is 16.7 Å². The molecular weight excluding hydrogens is 330 g/mol. The number of fused-ring (bicyclic) bond motifs is 1. The van der Waals surface area contributed by atoms with E-state index in [4.69, 9.17) is 11.6 Å². The predicted octanol–water partition coefficient (Wildman–Crippen LogP) is 2.98. The first-order valence-corrected chi connectivity index (χ1v) is 6.94. The maximum atomic E-state index is 12.3. The zero-order valence-electron chi connectivity index (χ0n) is 12.1. The normalized spacial score (nSPS) is 11.4. The molecule has 3 aromatic rings. The van der Waals surface area contributed by atoms with Crippen molar-refractivity contribution in [1.29, 1.82) is 0 Å². The average Bonchev–Trinajstić information content (AvgIpc) is 2.80. The molecule has 0 fully saturated rings. The molecule has 2 aromatic heterocycles. The van der Waals surface area contributed by atoms with Crippen LogP contribution in [0.2, 0.25) is 5.28 Å². The minimum Gasteiger partial charge on any atom is -0.435 e. The average molecular weight is 341 g/mol. The Morgan fingerprint density at radius 2 is 1.96 bits per heavy atom. The van der Waals surface area contributed by atoms with Gasteiger partial charge in [-0.25, -0.2) is 4.68 Å². The highest BCUT2D eigenvalue weighted by Gasteiger charge is 2.14. The van der Waals surface area contributed by atoms with Crippen LogP contribution in [0.3, 0.4) is 0 Å². The van der Waals surface area contributed by atoms with Crippen molar-refractivity contribution in [2.24, 2.45) is 0 Å². The lowest BCUT2D eigenvalue weighted by molar-refractivity contribution is -0.0498. The largest absolute Gasteiger partial charge is 0.435 e. The van der Waals surface area contributed by atoms with Gasteiger partial charge < -0.3 is 4.74 Å². The first-order valence-electron chi connectivity index (χ1n) is 6.57. The van der Waals surface area contributed by atoms with Gasteiger partial charge in [0.15, 0.2) is 5.65 Å². The van der Waals surface area contributed by atoms with Crippen molar-refractivity contribution in [3.05, 3.63) is 45.1 Å². The molecule has 2 heterocycles. The molecule has 0 bridgehead atoms. The molecule has 1 N–H and O–H groups in total. The quantitative estimate of drug-likeness (QED) is 0.744. The Morgan fingerprint density at radius 1 is 1.30 bits per heavy atom. The molecule has 0 aliphatic carbocycles. The Hall–Kier alpha value is -2.48. The third-order valence-electron chi connectivity index (χ3n) is 3.28. The molecule has 0 atom stereocenters. The summed E-state index contributed by atoms with van der Waals surface area (Å²) < 4.78 is 30.5. The summed E-state index contributed by atoms with van der Waals surface area (Å²) in [5.74, 6) is 0.0643. The van der Waals surface area contributed by atoms with E-state index < -0.39 is 12.2 Å². The van der Waals surface area contributed by atoms with Crippen LogP contribution in [0, 0.1) is 13.8 Å². The summed E-state index contributed by atoms with van der Waals surface area (Å²) in [5.41, 5.74) is 1.77. The van der Waals surface area contributed by atoms with Crippen LogP contribution in [-0.2, 0) is 0 Å². The van der Waals surface area contributed by atoms with E-state index in [1.165, 1.54) is 23.0 Å². The Kier molecular flexibility index (Phi) is 3.77. The van der Waals surface area contributed by atoms with Gasteiger partial charge in [0.2, 0.25) is 5.28 Å². The molecule has 1 aromatic carbocycles. The monoisotopic (exact) mass is 340 g/mol. The smallest absolute Gasteiger partial charge is 0.387 e. The molecule has 120 valence electrons. The fraction of sp³-hybridized carbons (Fsp3) is 0.214. The highest BCUT2D eigenvalue weighted by molar-refractivity contribution is 6.28. The zero-order chi connectivity index (χ0) is 16.7. The molecule has 0 amide bonds. The second-order valence-electron chi connectivity index (χ2n) is 4.95. The fourth-order valence-electron chi connectivity index (χ4n) is 2.45. The second-order valence-corrected chi connectivity index (χ2v) is 5.31. The first kappa shape index (κ1) is 15.4. The Bertz CT molecular complexity index is 929. The lowest BCUT2D eigenvalue weighted by Gasteiger charge is -2.12. The summed E-state index contributed by atoms with van der Waals surface area (Å²) in [6.45, 7) is 0.576. The molecule has 0 spiro atoms. The number of rotatable bonds is 3. The van der Waals surface area contributed by atoms with Crippen LogP contribution in [0.1, 0.15) is 11.1 Å². The fourth-order valence-corrected chi connectivity index (χ4v) is 2.62. The summed E-state index contributed by atoms with van der Waals surface area (Å²) in [7, 11) is 0. The van der Waals surface area contributed by atoms with Crippen molar-refractivity contribution in [3.8, 4) is 11.4 Å². The van der Waals surface area contributed by atoms with Gasteiger partial charge in [0.25, 0.3) is 5.56 Å². The standard InChI is InChI=1S/C14H11ClF2N4O2/c1-6-3-8(23-14(16)17)4-7(2)10(6)21-5-9-11(20-21)18-13(15)19-12(9)22/h3-5,14H,1-2H3,(H,18,19,20,22). The van der Waals surface area contributed by atoms with E-state index in [9.17, 15) is 13.6 Å². The third-order valence-corrected chi connectivity index (χ3v) is 3.46. The van der Waals surface area contributed by atoms with E-state index in [0.717, 1.165) is 0 Å². The minimum atomic E-state index is -2.89. The van der Waals surface area contributed by atoms with E-state index in [2.05, 4.69) is 19.8 Å². The SMILES string of the molecule is Cc1cc(OC(F)F)cc(C)c1-n1cc2c(=O)[nH]c(Cl)nc2n1. The maximum absolute atomic E-state index is 12.3. The number of hydrogen-bond acceptors (Lipinski definition) is 4. The van der Waals surface area contributed by atoms with Crippen molar-refractivity contribution in [2.45, 2.75) is 20.5 Å². The minimum absolute atomic E-state index is 0.0538. The number of ether oxygens (including phenoxy) is 1. The number of aromatic nitrogens is 4. The van der Waals surface area contributed by atoms with E-state index >= 15 is 0 Å². The molecule has 23 heavy (non-hydrogen) atoms. The molecular formula is C14H11ClF2N4O2. The summed E-state index contributed by atoms with van der Waals surface area (Å²) in [5, 5.41) is 4.45. The predicted molar refractivity (Wildman–Crippen MR) is 80.6 cm³/mol. The number of nitrogens with zero attached hydrogens (tertiary/aromatic N) is 3. The van der Waals surface area contributed by atoms with Crippen molar-refractivity contribution in [1.82, 2.24) is 19.7 Å². The van der Waals surface area contributed by atoms with Crippen molar-refractivity contribution < 1.29 is 13.5 Å². The van der Waals surface area contributed by atoms with E-state index in [0.29, 0.717) is 16.8 Å². The van der Waals surface area contributed by atoms with Gasteiger partial charge in [-0.15, -0.1) is 5.10 Å². The van der Waals surface area contributed by atoms with Crippen molar-refractivity contribution in [2.75, 3.05) is 0 Å². The summed E-state index contributed by atoms with van der Waals surface area (Å²) in [6, 6.07) is 2.96. The molecule has 0 radical (unpaired) electrons. The van der Waals surface area contributed by atoms with E-state index in [1.807, 2.05) is 0 Å². The molecule has 0 unspecified atom stereocenters. The van der Waals surface area contributed by atoms with Gasteiger partial charge in [0.05, 0.1) is 5.69 Å². The Balaban J connectivity index is 2.15. The number of benzene rings is 1. The van der Waals surface area contributed by atoms with E-state index in [-0.39, 0.29) is 22.1 Å². The van der Waals surface area contributed by atoms with Crippen LogP contribution in [0.4, 0.5) is 8.78 Å². The van der Waals surface area contributed by atoms with Gasteiger partial charge in [0.1, 0.15) is 11.1 Å². The van der Waals surface area contributed by atoms with Crippen molar-refractivity contribution in [3.63, 3.8) is 0 Å². The highest BCUT2D eigenvalue weighted by atomic mass is 35.5. The lowest BCUT2D eigenvalue weighted by Crippen LogP contribution is -2.06. The number of hydrogen-bond donors (Lipinski definition) is 1. The topological polar surface area (TPSA) is 72.8 Å². The highest BCUT2D eigenvalue weighted by Crippen LogP contribution is 2.26. The van der Waals surface area contributed by atoms with Gasteiger partial charge in [-0.05, 0) is 48.7 Å². The van der Waals surface area contributed by atoms with E-state index in [1.54, 1.807) is 13.8 Å². The zero-order valence-corrected chi connectivity index (χ0v) is 12.9. The molecule has 9 heteroatoms. The molecule has 0 aliphatic heterocycles. The van der Waals surface area contributed by atoms with Crippen LogP contribution >= 0.6 is 11.6 Å². The third kappa shape index (κ3) is 2.89. The van der Waals surface area contributed by atoms with Gasteiger partial charge in [-0.2, -0.15) is 13.8 Å². The molecule has 0 saturated heterocycles. The second kappa shape index (κ2) is 5.62. The van der Waals surface area contributed by atoms with Gasteiger partial charge in [-0.1, -0.05) is 0 Å². The number of aryl methyl sites for hydroxylation is 2. The van der Waals surface area contributed by atoms with Gasteiger partial charge in [0, 0.05) is 6.20 Å². The van der Waals surface area contributed by atoms with Crippen LogP contribution in [0.15, 0.2) is 23.1 Å². The lowest BCUT2D eigenvalue weighted by atomic mass is 10.1. The van der Waals surface area contributed by atoms with Crippen molar-refractivity contribution >= 4 is 22.6 Å². The summed E-state index contributed by atoms with van der Waals surface area (Å²) >= 11 is 5.71. The summed E-state index contributed by atoms with van der Waals surface area (Å²) in [4.78, 5) is 18.2. The molecule has 0 aliphatic rings. The molecule has 0 saturated carbocycles. The number of aromatic amines is 1. The Morgan fingerprint density at radius 3 is 2.57 bits per heavy atom. The van der Waals surface area contributed by atoms with Gasteiger partial charge >= 0.3 is 6.61 Å². The number of alkyl halides is 2. The maximum Gasteiger partial charge on any atom is 0.387 e. The molecule has 6 nitrogen and oxygen atoms in total. The summed E-state index contributed by atoms with van der Waals surface area (Å²) in [6.07, 6.45) is 1.51. The number of halogens is 3. The van der Waals surface area contributed by atoms with Crippen LogP contribution in [-0.4, -0.2) is 26.4 Å². The van der Waals surface area contributed by atoms with Gasteiger partial charge in [-0.3, -0.25) is 9.78 Å². The van der Waals surface area contributed by atoms with Crippen LogP contribution in [0.5, 0.6) is 5.75 Å². The molecule has 3 rings (SSSR count). The number of nitrogens with one attached hydrogen (secondary N) is 1. The number of H-pyrrole nitrogens is 1. The Labute approximate surface area is 133 Å².